The third-order valence-corrected chi connectivity index (χ3v) is 6.18. The summed E-state index contributed by atoms with van der Waals surface area (Å²) in [6.07, 6.45) is 5.89. The van der Waals surface area contributed by atoms with Gasteiger partial charge in [-0.3, -0.25) is 9.79 Å². The first-order valence-electron chi connectivity index (χ1n) is 11.4. The Labute approximate surface area is 194 Å². The lowest BCUT2D eigenvalue weighted by atomic mass is 9.90. The zero-order valence-corrected chi connectivity index (χ0v) is 20.9. The van der Waals surface area contributed by atoms with E-state index in [1.54, 1.807) is 6.20 Å². The Kier molecular flexibility index (Phi) is 11.1. The highest BCUT2D eigenvalue weighted by molar-refractivity contribution is 7.57. The predicted octanol–water partition coefficient (Wildman–Crippen LogP) is 4.56. The number of hydrogen-bond acceptors (Lipinski definition) is 5. The largest absolute Gasteiger partial charge is 0.445 e. The Bertz CT molecular complexity index is 849. The van der Waals surface area contributed by atoms with E-state index in [0.717, 1.165) is 24.8 Å². The minimum Gasteiger partial charge on any atom is -0.445 e. The van der Waals surface area contributed by atoms with E-state index in [-0.39, 0.29) is 19.6 Å². The van der Waals surface area contributed by atoms with Crippen LogP contribution in [0.1, 0.15) is 62.7 Å². The zero-order valence-electron chi connectivity index (χ0n) is 20.0. The van der Waals surface area contributed by atoms with E-state index in [1.165, 1.54) is 5.56 Å². The molecule has 1 aromatic heterocycles. The van der Waals surface area contributed by atoms with Gasteiger partial charge in [0.05, 0.1) is 18.1 Å². The Balaban J connectivity index is 1.91. The second kappa shape index (κ2) is 13.5. The molecule has 2 rings (SSSR count). The first-order chi connectivity index (χ1) is 15.2. The van der Waals surface area contributed by atoms with Gasteiger partial charge >= 0.3 is 0 Å². The molecule has 176 valence electrons. The van der Waals surface area contributed by atoms with Crippen LogP contribution in [0.2, 0.25) is 0 Å². The summed E-state index contributed by atoms with van der Waals surface area (Å²) in [4.78, 5) is 21.7. The number of ketones is 1. The number of aliphatic imine (C=N–C) groups is 1. The number of nitrogens with zero attached hydrogens (tertiary/aromatic N) is 2. The fraction of sp³-hybridized carbons (Fsp3) is 0.560. The zero-order chi connectivity index (χ0) is 23.5. The van der Waals surface area contributed by atoms with Gasteiger partial charge in [0.15, 0.2) is 5.89 Å². The van der Waals surface area contributed by atoms with Gasteiger partial charge in [-0.05, 0) is 44.1 Å². The molecule has 0 radical (unpaired) electrons. The van der Waals surface area contributed by atoms with Crippen LogP contribution in [0.3, 0.4) is 0 Å². The molecule has 0 aliphatic rings. The van der Waals surface area contributed by atoms with Gasteiger partial charge in [0, 0.05) is 31.5 Å². The van der Waals surface area contributed by atoms with E-state index >= 15 is 0 Å². The van der Waals surface area contributed by atoms with Crippen LogP contribution in [0.15, 0.2) is 45.9 Å². The molecule has 0 amide bonds. The molecule has 0 unspecified atom stereocenters. The number of amidine groups is 1. The Morgan fingerprint density at radius 3 is 2.59 bits per heavy atom. The van der Waals surface area contributed by atoms with Crippen LogP contribution in [0, 0.1) is 5.92 Å². The highest BCUT2D eigenvalue weighted by Gasteiger charge is 2.25. The molecule has 0 fully saturated rings. The molecule has 0 saturated heterocycles. The van der Waals surface area contributed by atoms with Gasteiger partial charge in [0.25, 0.3) is 0 Å². The molecular formula is C25H39N4O2P. The minimum absolute atomic E-state index is 0.0555. The summed E-state index contributed by atoms with van der Waals surface area (Å²) in [5.41, 5.74) is 13.3. The average molecular weight is 459 g/mol. The average Bonchev–Trinajstić information content (AvgIpc) is 3.18. The molecular weight excluding hydrogens is 419 g/mol. The number of aromatic nitrogens is 1. The molecule has 0 spiro atoms. The van der Waals surface area contributed by atoms with Gasteiger partial charge < -0.3 is 15.9 Å². The number of hydrogen-bond donors (Lipinski definition) is 2. The summed E-state index contributed by atoms with van der Waals surface area (Å²) in [6, 6.07) is 9.67. The third-order valence-electron chi connectivity index (χ3n) is 5.23. The van der Waals surface area contributed by atoms with E-state index < -0.39 is 6.04 Å². The fourth-order valence-electron chi connectivity index (χ4n) is 3.69. The van der Waals surface area contributed by atoms with Crippen molar-refractivity contribution >= 4 is 19.5 Å². The van der Waals surface area contributed by atoms with Crippen molar-refractivity contribution in [1.82, 2.24) is 4.98 Å². The van der Waals surface area contributed by atoms with E-state index in [2.05, 4.69) is 49.3 Å². The molecule has 2 atom stereocenters. The maximum atomic E-state index is 12.8. The van der Waals surface area contributed by atoms with Crippen molar-refractivity contribution in [2.45, 2.75) is 57.9 Å². The Morgan fingerprint density at radius 2 is 1.94 bits per heavy atom. The van der Waals surface area contributed by atoms with Crippen molar-refractivity contribution in [3.63, 3.8) is 0 Å². The summed E-state index contributed by atoms with van der Waals surface area (Å²) in [7, 11) is -0.0856. The normalized spacial score (nSPS) is 14.2. The Hall–Kier alpha value is -2.04. The van der Waals surface area contributed by atoms with E-state index in [9.17, 15) is 4.79 Å². The second-order valence-corrected chi connectivity index (χ2v) is 11.7. The van der Waals surface area contributed by atoms with Crippen LogP contribution in [0.5, 0.6) is 0 Å². The van der Waals surface area contributed by atoms with Crippen molar-refractivity contribution in [1.29, 1.82) is 0 Å². The smallest absolute Gasteiger partial charge is 0.197 e. The molecule has 2 aromatic rings. The van der Waals surface area contributed by atoms with Gasteiger partial charge in [-0.2, -0.15) is 0 Å². The van der Waals surface area contributed by atoms with Gasteiger partial charge in [-0.25, -0.2) is 4.98 Å². The number of carbonyl (C=O) groups is 1. The minimum atomic E-state index is -0.491. The van der Waals surface area contributed by atoms with Gasteiger partial charge in [-0.1, -0.05) is 44.2 Å². The molecule has 0 aliphatic carbocycles. The molecule has 32 heavy (non-hydrogen) atoms. The monoisotopic (exact) mass is 458 g/mol. The summed E-state index contributed by atoms with van der Waals surface area (Å²) >= 11 is 0. The molecule has 4 N–H and O–H groups in total. The fourth-order valence-corrected chi connectivity index (χ4v) is 4.44. The quantitative estimate of drug-likeness (QED) is 0.187. The number of carbonyl (C=O) groups excluding carboxylic acids is 1. The van der Waals surface area contributed by atoms with Crippen LogP contribution in [-0.4, -0.2) is 48.7 Å². The van der Waals surface area contributed by atoms with Crippen LogP contribution in [0.25, 0.3) is 0 Å². The van der Waals surface area contributed by atoms with E-state index in [0.29, 0.717) is 43.5 Å². The number of nitrogens with two attached hydrogens (primary N) is 2. The molecule has 0 saturated carbocycles. The van der Waals surface area contributed by atoms with E-state index in [1.807, 2.05) is 18.2 Å². The summed E-state index contributed by atoms with van der Waals surface area (Å²) in [5, 5.41) is 0. The molecule has 7 heteroatoms. The second-order valence-electron chi connectivity index (χ2n) is 9.18. The maximum Gasteiger partial charge on any atom is 0.197 e. The maximum absolute atomic E-state index is 12.8. The van der Waals surface area contributed by atoms with Gasteiger partial charge in [-0.15, -0.1) is 7.92 Å². The number of Topliss-reactive ketones (excluding diaryl/α,β-unsaturated/α-hetero) is 1. The highest BCUT2D eigenvalue weighted by atomic mass is 31.1. The third kappa shape index (κ3) is 9.62. The lowest BCUT2D eigenvalue weighted by Crippen LogP contribution is -2.32. The molecule has 6 nitrogen and oxygen atoms in total. The summed E-state index contributed by atoms with van der Waals surface area (Å²) < 4.78 is 6.05. The summed E-state index contributed by atoms with van der Waals surface area (Å²) in [6.45, 7) is 9.27. The van der Waals surface area contributed by atoms with Crippen LogP contribution >= 0.6 is 7.92 Å². The Morgan fingerprint density at radius 1 is 1.22 bits per heavy atom. The van der Waals surface area contributed by atoms with Crippen LogP contribution in [0.4, 0.5) is 0 Å². The van der Waals surface area contributed by atoms with Crippen molar-refractivity contribution in [3.05, 3.63) is 53.7 Å². The standard InChI is InChI=1S/C25H39N4O2P/c1-18(2)13-20(25-29-16-21(31-25)14-19-9-6-5-7-10-19)15-23(30)22(26)11-8-12-28-24(27)17-32(3)4/h5-7,9-10,16,18,20,22H,8,11-15,17,26H2,1-4H3,(H2,27,28)/t20-,22-/m1/s1. The molecule has 1 heterocycles. The van der Waals surface area contributed by atoms with Crippen molar-refractivity contribution < 1.29 is 9.21 Å². The van der Waals surface area contributed by atoms with Crippen LogP contribution in [-0.2, 0) is 11.2 Å². The van der Waals surface area contributed by atoms with Crippen molar-refractivity contribution in [2.75, 3.05) is 26.0 Å². The predicted molar refractivity (Wildman–Crippen MR) is 135 cm³/mol. The van der Waals surface area contributed by atoms with Gasteiger partial charge in [0.2, 0.25) is 0 Å². The first-order valence-corrected chi connectivity index (χ1v) is 13.9. The van der Waals surface area contributed by atoms with E-state index in [4.69, 9.17) is 15.9 Å². The topological polar surface area (TPSA) is 108 Å². The lowest BCUT2D eigenvalue weighted by Gasteiger charge is -2.17. The number of benzene rings is 1. The molecule has 0 aliphatic heterocycles. The lowest BCUT2D eigenvalue weighted by molar-refractivity contribution is -0.121. The number of oxazole rings is 1. The molecule has 0 bridgehead atoms. The molecule has 1 aromatic carbocycles. The first kappa shape index (κ1) is 26.2. The van der Waals surface area contributed by atoms with Crippen molar-refractivity contribution in [2.24, 2.45) is 22.4 Å². The van der Waals surface area contributed by atoms with Gasteiger partial charge in [0.1, 0.15) is 11.5 Å². The number of rotatable bonds is 14. The SMILES string of the molecule is CC(C)C[C@H](CC(=O)[C@H](N)CCCN=C(N)CP(C)C)c1ncc(Cc2ccccc2)o1. The van der Waals surface area contributed by atoms with Crippen molar-refractivity contribution in [3.8, 4) is 0 Å². The summed E-state index contributed by atoms with van der Waals surface area (Å²) in [5.74, 6) is 2.58. The van der Waals surface area contributed by atoms with Crippen LogP contribution < -0.4 is 11.5 Å². The highest BCUT2D eigenvalue weighted by Crippen LogP contribution is 2.28.